The van der Waals surface area contributed by atoms with Gasteiger partial charge in [0, 0.05) is 46.1 Å². The normalized spacial score (nSPS) is 23.3. The smallest absolute Gasteiger partial charge is 0.240 e. The van der Waals surface area contributed by atoms with Gasteiger partial charge in [-0.25, -0.2) is 13.1 Å². The highest BCUT2D eigenvalue weighted by atomic mass is 32.2. The average Bonchev–Trinajstić information content (AvgIpc) is 2.84. The summed E-state index contributed by atoms with van der Waals surface area (Å²) in [6, 6.07) is 6.36. The van der Waals surface area contributed by atoms with Crippen molar-refractivity contribution in [2.24, 2.45) is 23.7 Å². The Bertz CT molecular complexity index is 1030. The molecule has 3 atom stereocenters. The highest BCUT2D eigenvalue weighted by molar-refractivity contribution is 7.89. The van der Waals surface area contributed by atoms with E-state index in [1.54, 1.807) is 43.2 Å². The number of amides is 2. The minimum atomic E-state index is -3.63. The number of allylic oxidation sites excluding steroid dienone is 1. The molecule has 1 aliphatic carbocycles. The van der Waals surface area contributed by atoms with Crippen LogP contribution in [0.5, 0.6) is 5.75 Å². The second kappa shape index (κ2) is 11.6. The van der Waals surface area contributed by atoms with E-state index in [0.29, 0.717) is 50.8 Å². The van der Waals surface area contributed by atoms with Gasteiger partial charge in [-0.3, -0.25) is 9.59 Å². The summed E-state index contributed by atoms with van der Waals surface area (Å²) in [5.41, 5.74) is 1.14. The van der Waals surface area contributed by atoms with Crippen LogP contribution in [0.15, 0.2) is 40.8 Å². The van der Waals surface area contributed by atoms with Crippen LogP contribution in [0.2, 0.25) is 0 Å². The molecule has 2 amide bonds. The van der Waals surface area contributed by atoms with Crippen LogP contribution in [0.25, 0.3) is 0 Å². The molecule has 8 nitrogen and oxygen atoms in total. The van der Waals surface area contributed by atoms with Crippen LogP contribution in [0.1, 0.15) is 40.5 Å². The number of nitrogens with one attached hydrogen (secondary N) is 1. The highest BCUT2D eigenvalue weighted by Crippen LogP contribution is 2.39. The molecule has 0 radical (unpaired) electrons. The summed E-state index contributed by atoms with van der Waals surface area (Å²) in [6.07, 6.45) is 3.47. The van der Waals surface area contributed by atoms with Crippen LogP contribution in [0.4, 0.5) is 0 Å². The number of nitrogens with zero attached hydrogens (tertiary/aromatic N) is 2. The summed E-state index contributed by atoms with van der Waals surface area (Å²) in [6.45, 7) is 10.6. The van der Waals surface area contributed by atoms with Crippen LogP contribution < -0.4 is 9.46 Å². The summed E-state index contributed by atoms with van der Waals surface area (Å²) in [5.74, 6) is 1.62. The van der Waals surface area contributed by atoms with Crippen molar-refractivity contribution in [1.29, 1.82) is 0 Å². The Hall–Kier alpha value is -2.39. The fourth-order valence-corrected chi connectivity index (χ4v) is 6.24. The van der Waals surface area contributed by atoms with Gasteiger partial charge < -0.3 is 14.5 Å². The first kappa shape index (κ1) is 27.2. The van der Waals surface area contributed by atoms with Gasteiger partial charge in [0.25, 0.3) is 0 Å². The number of benzene rings is 1. The van der Waals surface area contributed by atoms with Crippen LogP contribution in [-0.2, 0) is 19.6 Å². The highest BCUT2D eigenvalue weighted by Gasteiger charge is 2.34. The predicted octanol–water partition coefficient (Wildman–Crippen LogP) is 2.91. The van der Waals surface area contributed by atoms with E-state index in [1.165, 1.54) is 0 Å². The molecule has 1 N–H and O–H groups in total. The Labute approximate surface area is 209 Å². The van der Waals surface area contributed by atoms with Gasteiger partial charge in [0.1, 0.15) is 5.75 Å². The number of hydrogen-bond donors (Lipinski definition) is 1. The largest absolute Gasteiger partial charge is 0.497 e. The van der Waals surface area contributed by atoms with E-state index in [-0.39, 0.29) is 34.5 Å². The average molecular weight is 506 g/mol. The Kier molecular flexibility index (Phi) is 8.99. The number of methoxy groups -OCH3 is 1. The van der Waals surface area contributed by atoms with Gasteiger partial charge in [0.05, 0.1) is 12.0 Å². The summed E-state index contributed by atoms with van der Waals surface area (Å²) in [4.78, 5) is 28.4. The third kappa shape index (κ3) is 6.85. The molecule has 1 saturated heterocycles. The second-order valence-corrected chi connectivity index (χ2v) is 11.8. The van der Waals surface area contributed by atoms with E-state index in [9.17, 15) is 18.0 Å². The number of piperazine rings is 1. The van der Waals surface area contributed by atoms with Gasteiger partial charge in [-0.05, 0) is 61.3 Å². The Morgan fingerprint density at radius 1 is 1.09 bits per heavy atom. The number of ether oxygens (including phenoxy) is 1. The minimum absolute atomic E-state index is 0.0524. The first-order valence-corrected chi connectivity index (χ1v) is 13.9. The molecular formula is C26H39N3O5S. The number of rotatable bonds is 8. The zero-order valence-electron chi connectivity index (χ0n) is 21.5. The zero-order chi connectivity index (χ0) is 25.8. The lowest BCUT2D eigenvalue weighted by Gasteiger charge is -2.39. The number of hydrogen-bond acceptors (Lipinski definition) is 5. The van der Waals surface area contributed by atoms with E-state index >= 15 is 0 Å². The molecule has 0 saturated carbocycles. The standard InChI is InChI=1S/C26H39N3O5S/c1-18(2)25-15-21(16-26(31)29-12-10-28(11-13-29)20(4)30)19(3)14-22(25)17-27-35(32,33)24-8-6-23(34-5)7-9-24/h6-9,14,18,21-22,25,27H,10-13,15-17H2,1-5H3. The maximum atomic E-state index is 13.0. The molecule has 1 aliphatic heterocycles. The Balaban J connectivity index is 1.63. The van der Waals surface area contributed by atoms with Gasteiger partial charge in [-0.2, -0.15) is 0 Å². The molecular weight excluding hydrogens is 466 g/mol. The van der Waals surface area contributed by atoms with Crippen molar-refractivity contribution < 1.29 is 22.7 Å². The molecule has 0 aromatic heterocycles. The third-order valence-electron chi connectivity index (χ3n) is 7.46. The number of carbonyl (C=O) groups is 2. The third-order valence-corrected chi connectivity index (χ3v) is 8.90. The van der Waals surface area contributed by atoms with E-state index in [0.717, 1.165) is 12.0 Å². The zero-order valence-corrected chi connectivity index (χ0v) is 22.3. The van der Waals surface area contributed by atoms with Crippen LogP contribution in [-0.4, -0.2) is 69.9 Å². The Morgan fingerprint density at radius 3 is 2.23 bits per heavy atom. The number of sulfonamides is 1. The van der Waals surface area contributed by atoms with Crippen molar-refractivity contribution in [3.05, 3.63) is 35.9 Å². The van der Waals surface area contributed by atoms with Gasteiger partial charge in [0.2, 0.25) is 21.8 Å². The summed E-state index contributed by atoms with van der Waals surface area (Å²) >= 11 is 0. The molecule has 1 fully saturated rings. The van der Waals surface area contributed by atoms with Gasteiger partial charge in [-0.15, -0.1) is 0 Å². The van der Waals surface area contributed by atoms with Gasteiger partial charge in [-0.1, -0.05) is 25.5 Å². The van der Waals surface area contributed by atoms with E-state index in [2.05, 4.69) is 24.6 Å². The first-order chi connectivity index (χ1) is 16.5. The van der Waals surface area contributed by atoms with E-state index in [4.69, 9.17) is 4.74 Å². The van der Waals surface area contributed by atoms with Gasteiger partial charge in [0.15, 0.2) is 0 Å². The first-order valence-electron chi connectivity index (χ1n) is 12.4. The SMILES string of the molecule is COc1ccc(S(=O)(=O)NCC2C=C(C)C(CC(=O)N3CCN(C(C)=O)CC3)CC2C(C)C)cc1. The summed E-state index contributed by atoms with van der Waals surface area (Å²) in [5, 5.41) is 0. The molecule has 3 rings (SSSR count). The lowest BCUT2D eigenvalue weighted by Crippen LogP contribution is -2.50. The van der Waals surface area contributed by atoms with Crippen LogP contribution in [0.3, 0.4) is 0 Å². The van der Waals surface area contributed by atoms with Crippen molar-refractivity contribution >= 4 is 21.8 Å². The molecule has 35 heavy (non-hydrogen) atoms. The molecule has 1 heterocycles. The molecule has 3 unspecified atom stereocenters. The van der Waals surface area contributed by atoms with Gasteiger partial charge >= 0.3 is 0 Å². The molecule has 0 spiro atoms. The lowest BCUT2D eigenvalue weighted by molar-refractivity contribution is -0.139. The fraction of sp³-hybridized carbons (Fsp3) is 0.615. The van der Waals surface area contributed by atoms with Crippen molar-refractivity contribution in [1.82, 2.24) is 14.5 Å². The molecule has 0 bridgehead atoms. The van der Waals surface area contributed by atoms with Crippen molar-refractivity contribution in [2.75, 3.05) is 39.8 Å². The molecule has 1 aromatic carbocycles. The maximum Gasteiger partial charge on any atom is 0.240 e. The van der Waals surface area contributed by atoms with Crippen molar-refractivity contribution in [2.45, 2.75) is 45.4 Å². The van der Waals surface area contributed by atoms with Crippen LogP contribution >= 0.6 is 0 Å². The van der Waals surface area contributed by atoms with E-state index in [1.807, 2.05) is 11.8 Å². The topological polar surface area (TPSA) is 96.0 Å². The monoisotopic (exact) mass is 505 g/mol. The van der Waals surface area contributed by atoms with E-state index < -0.39 is 10.0 Å². The minimum Gasteiger partial charge on any atom is -0.497 e. The molecule has 194 valence electrons. The second-order valence-electron chi connectivity index (χ2n) is 10.0. The molecule has 1 aromatic rings. The lowest BCUT2D eigenvalue weighted by atomic mass is 9.70. The number of carbonyl (C=O) groups excluding carboxylic acids is 2. The Morgan fingerprint density at radius 2 is 1.69 bits per heavy atom. The predicted molar refractivity (Wildman–Crippen MR) is 135 cm³/mol. The summed E-state index contributed by atoms with van der Waals surface area (Å²) < 4.78 is 33.6. The summed E-state index contributed by atoms with van der Waals surface area (Å²) in [7, 11) is -2.09. The maximum absolute atomic E-state index is 13.0. The van der Waals surface area contributed by atoms with Crippen LogP contribution in [0, 0.1) is 23.7 Å². The fourth-order valence-electron chi connectivity index (χ4n) is 5.16. The molecule has 9 heteroatoms. The van der Waals surface area contributed by atoms with Crippen molar-refractivity contribution in [3.8, 4) is 5.75 Å². The molecule has 2 aliphatic rings. The quantitative estimate of drug-likeness (QED) is 0.548. The van der Waals surface area contributed by atoms with Crippen molar-refractivity contribution in [3.63, 3.8) is 0 Å².